The predicted molar refractivity (Wildman–Crippen MR) is 73.1 cm³/mol. The fraction of sp³-hybridized carbons (Fsp3) is 0.467. The number of fused-ring (bicyclic) bond motifs is 1. The first-order chi connectivity index (χ1) is 9.18. The molecule has 2 unspecified atom stereocenters. The first kappa shape index (κ1) is 12.4. The van der Waals surface area contributed by atoms with Gasteiger partial charge in [-0.2, -0.15) is 0 Å². The van der Waals surface area contributed by atoms with E-state index >= 15 is 0 Å². The van der Waals surface area contributed by atoms with Crippen LogP contribution in [-0.2, 0) is 9.53 Å². The average molecular weight is 258 g/mol. The smallest absolute Gasteiger partial charge is 0.152 e. The Morgan fingerprint density at radius 1 is 1.47 bits per heavy atom. The molecule has 1 aliphatic rings. The van der Waals surface area contributed by atoms with Crippen molar-refractivity contribution in [1.82, 2.24) is 9.55 Å². The van der Waals surface area contributed by atoms with Gasteiger partial charge in [0, 0.05) is 6.61 Å². The number of aromatic nitrogens is 2. The van der Waals surface area contributed by atoms with Gasteiger partial charge in [-0.3, -0.25) is 4.79 Å². The molecule has 4 heteroatoms. The highest BCUT2D eigenvalue weighted by molar-refractivity contribution is 5.83. The second-order valence-electron chi connectivity index (χ2n) is 5.12. The summed E-state index contributed by atoms with van der Waals surface area (Å²) >= 11 is 0. The molecule has 0 radical (unpaired) electrons. The van der Waals surface area contributed by atoms with Crippen molar-refractivity contribution in [3.63, 3.8) is 0 Å². The minimum Gasteiger partial charge on any atom is -0.370 e. The molecule has 0 N–H and O–H groups in total. The first-order valence-electron chi connectivity index (χ1n) is 6.77. The number of benzene rings is 1. The third-order valence-electron chi connectivity index (χ3n) is 3.82. The molecular weight excluding hydrogens is 240 g/mol. The largest absolute Gasteiger partial charge is 0.370 e. The monoisotopic (exact) mass is 258 g/mol. The number of hydrogen-bond acceptors (Lipinski definition) is 3. The minimum absolute atomic E-state index is 0.0224. The summed E-state index contributed by atoms with van der Waals surface area (Å²) in [6.07, 6.45) is 2.06. The summed E-state index contributed by atoms with van der Waals surface area (Å²) in [5.41, 5.74) is 1.94. The second-order valence-corrected chi connectivity index (χ2v) is 5.12. The van der Waals surface area contributed by atoms with Crippen molar-refractivity contribution in [2.24, 2.45) is 0 Å². The summed E-state index contributed by atoms with van der Waals surface area (Å²) in [6.45, 7) is 4.33. The molecule has 1 saturated heterocycles. The number of carbonyl (C=O) groups is 1. The number of para-hydroxylation sites is 2. The Hall–Kier alpha value is -1.68. The molecule has 0 aliphatic carbocycles. The normalized spacial score (nSPS) is 20.8. The van der Waals surface area contributed by atoms with Crippen molar-refractivity contribution in [2.75, 3.05) is 6.61 Å². The number of ether oxygens (including phenoxy) is 1. The lowest BCUT2D eigenvalue weighted by molar-refractivity contribution is -0.119. The summed E-state index contributed by atoms with van der Waals surface area (Å²) < 4.78 is 7.78. The van der Waals surface area contributed by atoms with Crippen molar-refractivity contribution in [1.29, 1.82) is 0 Å². The van der Waals surface area contributed by atoms with Crippen LogP contribution in [0.4, 0.5) is 0 Å². The zero-order chi connectivity index (χ0) is 13.4. The zero-order valence-electron chi connectivity index (χ0n) is 11.3. The molecule has 19 heavy (non-hydrogen) atoms. The summed E-state index contributed by atoms with van der Waals surface area (Å²) in [5.74, 6) is 1.03. The van der Waals surface area contributed by atoms with E-state index in [1.54, 1.807) is 6.92 Å². The third-order valence-corrected chi connectivity index (χ3v) is 3.82. The van der Waals surface area contributed by atoms with Crippen LogP contribution in [0.3, 0.4) is 0 Å². The summed E-state index contributed by atoms with van der Waals surface area (Å²) in [5, 5.41) is 0. The van der Waals surface area contributed by atoms with Gasteiger partial charge in [-0.25, -0.2) is 4.98 Å². The van der Waals surface area contributed by atoms with E-state index in [1.165, 1.54) is 0 Å². The summed E-state index contributed by atoms with van der Waals surface area (Å²) in [4.78, 5) is 16.4. The maximum absolute atomic E-state index is 11.8. The molecule has 0 bridgehead atoms. The van der Waals surface area contributed by atoms with Gasteiger partial charge >= 0.3 is 0 Å². The van der Waals surface area contributed by atoms with Gasteiger partial charge in [0.2, 0.25) is 0 Å². The van der Waals surface area contributed by atoms with Gasteiger partial charge in [0.1, 0.15) is 11.9 Å². The standard InChI is InChI=1S/C15H18N2O2/c1-10(11(2)18)17-13-7-4-3-6-12(13)16-15(17)14-8-5-9-19-14/h3-4,6-7,10,14H,5,8-9H2,1-2H3. The van der Waals surface area contributed by atoms with Crippen LogP contribution in [0, 0.1) is 0 Å². The Bertz CT molecular complexity index is 612. The molecule has 1 fully saturated rings. The number of Topliss-reactive ketones (excluding diaryl/α,β-unsaturated/α-hetero) is 1. The Kier molecular flexibility index (Phi) is 3.11. The van der Waals surface area contributed by atoms with E-state index in [0.29, 0.717) is 0 Å². The lowest BCUT2D eigenvalue weighted by Gasteiger charge is -2.17. The molecule has 0 amide bonds. The van der Waals surface area contributed by atoms with Crippen LogP contribution < -0.4 is 0 Å². The molecule has 2 atom stereocenters. The number of ketones is 1. The molecule has 0 saturated carbocycles. The minimum atomic E-state index is -0.202. The van der Waals surface area contributed by atoms with E-state index in [9.17, 15) is 4.79 Å². The van der Waals surface area contributed by atoms with Crippen molar-refractivity contribution in [3.8, 4) is 0 Å². The first-order valence-corrected chi connectivity index (χ1v) is 6.77. The van der Waals surface area contributed by atoms with Gasteiger partial charge < -0.3 is 9.30 Å². The van der Waals surface area contributed by atoms with Gasteiger partial charge in [-0.15, -0.1) is 0 Å². The Labute approximate surface area is 112 Å². The topological polar surface area (TPSA) is 44.1 Å². The fourth-order valence-electron chi connectivity index (χ4n) is 2.66. The van der Waals surface area contributed by atoms with Gasteiger partial charge in [0.15, 0.2) is 5.78 Å². The van der Waals surface area contributed by atoms with E-state index in [-0.39, 0.29) is 17.9 Å². The van der Waals surface area contributed by atoms with E-state index in [1.807, 2.05) is 35.8 Å². The van der Waals surface area contributed by atoms with Gasteiger partial charge in [0.05, 0.1) is 17.1 Å². The molecule has 1 aromatic carbocycles. The lowest BCUT2D eigenvalue weighted by atomic mass is 10.2. The van der Waals surface area contributed by atoms with Crippen LogP contribution in [0.1, 0.15) is 44.7 Å². The highest BCUT2D eigenvalue weighted by Crippen LogP contribution is 2.32. The second kappa shape index (κ2) is 4.78. The van der Waals surface area contributed by atoms with Crippen LogP contribution in [0.2, 0.25) is 0 Å². The van der Waals surface area contributed by atoms with Crippen molar-refractivity contribution >= 4 is 16.8 Å². The zero-order valence-corrected chi connectivity index (χ0v) is 11.3. The fourth-order valence-corrected chi connectivity index (χ4v) is 2.66. The van der Waals surface area contributed by atoms with E-state index in [2.05, 4.69) is 4.98 Å². The van der Waals surface area contributed by atoms with Crippen LogP contribution in [-0.4, -0.2) is 21.9 Å². The molecule has 1 aromatic heterocycles. The molecule has 3 rings (SSSR count). The number of hydrogen-bond donors (Lipinski definition) is 0. The highest BCUT2D eigenvalue weighted by Gasteiger charge is 2.27. The molecule has 2 aromatic rings. The Morgan fingerprint density at radius 2 is 2.26 bits per heavy atom. The van der Waals surface area contributed by atoms with Gasteiger partial charge in [0.25, 0.3) is 0 Å². The number of nitrogens with zero attached hydrogens (tertiary/aromatic N) is 2. The quantitative estimate of drug-likeness (QED) is 0.850. The third kappa shape index (κ3) is 2.06. The van der Waals surface area contributed by atoms with Crippen LogP contribution in [0.25, 0.3) is 11.0 Å². The highest BCUT2D eigenvalue weighted by atomic mass is 16.5. The lowest BCUT2D eigenvalue weighted by Crippen LogP contribution is -2.18. The predicted octanol–water partition coefficient (Wildman–Crippen LogP) is 3.04. The maximum atomic E-state index is 11.8. The SMILES string of the molecule is CC(=O)C(C)n1c(C2CCCO2)nc2ccccc21. The van der Waals surface area contributed by atoms with E-state index < -0.39 is 0 Å². The molecule has 4 nitrogen and oxygen atoms in total. The molecule has 1 aliphatic heterocycles. The van der Waals surface area contributed by atoms with Crippen LogP contribution in [0.15, 0.2) is 24.3 Å². The van der Waals surface area contributed by atoms with Gasteiger partial charge in [-0.05, 0) is 38.8 Å². The van der Waals surface area contributed by atoms with Gasteiger partial charge in [-0.1, -0.05) is 12.1 Å². The summed E-state index contributed by atoms with van der Waals surface area (Å²) in [6, 6.07) is 7.74. The molecule has 2 heterocycles. The Morgan fingerprint density at radius 3 is 2.95 bits per heavy atom. The summed E-state index contributed by atoms with van der Waals surface area (Å²) in [7, 11) is 0. The van der Waals surface area contributed by atoms with E-state index in [4.69, 9.17) is 4.74 Å². The van der Waals surface area contributed by atoms with Crippen molar-refractivity contribution in [2.45, 2.75) is 38.8 Å². The van der Waals surface area contributed by atoms with Crippen molar-refractivity contribution < 1.29 is 9.53 Å². The maximum Gasteiger partial charge on any atom is 0.152 e. The average Bonchev–Trinajstić information content (AvgIpc) is 3.04. The van der Waals surface area contributed by atoms with E-state index in [0.717, 1.165) is 36.3 Å². The number of imidazole rings is 1. The Balaban J connectivity index is 2.18. The van der Waals surface area contributed by atoms with Crippen LogP contribution in [0.5, 0.6) is 0 Å². The number of rotatable bonds is 3. The molecular formula is C15H18N2O2. The molecule has 100 valence electrons. The van der Waals surface area contributed by atoms with Crippen molar-refractivity contribution in [3.05, 3.63) is 30.1 Å². The van der Waals surface area contributed by atoms with Crippen LogP contribution >= 0.6 is 0 Å². The molecule has 0 spiro atoms. The number of carbonyl (C=O) groups excluding carboxylic acids is 1.